The van der Waals surface area contributed by atoms with Gasteiger partial charge < -0.3 is 10.2 Å². The highest BCUT2D eigenvalue weighted by molar-refractivity contribution is 5.58. The Bertz CT molecular complexity index is 356. The lowest BCUT2D eigenvalue weighted by Crippen LogP contribution is -2.20. The quantitative estimate of drug-likeness (QED) is 0.806. The molecule has 0 bridgehead atoms. The van der Waals surface area contributed by atoms with Crippen molar-refractivity contribution < 1.29 is 0 Å². The Morgan fingerprint density at radius 1 is 1.22 bits per heavy atom. The molecule has 1 aliphatic heterocycles. The zero-order chi connectivity index (χ0) is 12.8. The van der Waals surface area contributed by atoms with Crippen LogP contribution in [-0.4, -0.2) is 19.1 Å². The summed E-state index contributed by atoms with van der Waals surface area (Å²) in [6.07, 6.45) is 6.37. The average Bonchev–Trinajstić information content (AvgIpc) is 2.92. The summed E-state index contributed by atoms with van der Waals surface area (Å²) >= 11 is 0. The minimum atomic E-state index is 0.615. The van der Waals surface area contributed by atoms with Gasteiger partial charge in [0.05, 0.1) is 0 Å². The number of anilines is 2. The van der Waals surface area contributed by atoms with Gasteiger partial charge in [-0.05, 0) is 43.9 Å². The molecule has 0 radical (unpaired) electrons. The van der Waals surface area contributed by atoms with E-state index in [1.54, 1.807) is 0 Å². The second kappa shape index (κ2) is 6.67. The lowest BCUT2D eigenvalue weighted by Gasteiger charge is -2.21. The van der Waals surface area contributed by atoms with E-state index in [2.05, 4.69) is 48.3 Å². The molecule has 2 nitrogen and oxygen atoms in total. The maximum absolute atomic E-state index is 3.67. The van der Waals surface area contributed by atoms with Crippen LogP contribution in [0.3, 0.4) is 0 Å². The Labute approximate surface area is 111 Å². The predicted molar refractivity (Wildman–Crippen MR) is 80.5 cm³/mol. The van der Waals surface area contributed by atoms with Gasteiger partial charge in [-0.3, -0.25) is 0 Å². The molecule has 1 N–H and O–H groups in total. The lowest BCUT2D eigenvalue weighted by atomic mass is 10.1. The van der Waals surface area contributed by atoms with Crippen LogP contribution in [0.4, 0.5) is 11.4 Å². The van der Waals surface area contributed by atoms with Crippen molar-refractivity contribution in [1.82, 2.24) is 0 Å². The first-order chi connectivity index (χ1) is 8.83. The van der Waals surface area contributed by atoms with E-state index in [0.717, 1.165) is 0 Å². The Morgan fingerprint density at radius 2 is 2.00 bits per heavy atom. The number of benzene rings is 1. The molecule has 1 heterocycles. The summed E-state index contributed by atoms with van der Waals surface area (Å²) in [5.74, 6) is 0. The number of hydrogen-bond acceptors (Lipinski definition) is 2. The summed E-state index contributed by atoms with van der Waals surface area (Å²) in [4.78, 5) is 2.49. The minimum Gasteiger partial charge on any atom is -0.382 e. The fraction of sp³-hybridized carbons (Fsp3) is 0.625. The highest BCUT2D eigenvalue weighted by Crippen LogP contribution is 2.24. The Kier molecular flexibility index (Phi) is 4.91. The standard InChI is InChI=1S/C16H26N2/c1-3-8-14(4-2)17-15-9-7-10-16(13-15)18-11-5-6-12-18/h7,9-10,13-14,17H,3-6,8,11-12H2,1-2H3. The summed E-state index contributed by atoms with van der Waals surface area (Å²) in [5.41, 5.74) is 2.66. The maximum atomic E-state index is 3.67. The van der Waals surface area contributed by atoms with E-state index in [-0.39, 0.29) is 0 Å². The van der Waals surface area contributed by atoms with E-state index < -0.39 is 0 Å². The zero-order valence-corrected chi connectivity index (χ0v) is 11.8. The van der Waals surface area contributed by atoms with Gasteiger partial charge >= 0.3 is 0 Å². The van der Waals surface area contributed by atoms with Crippen molar-refractivity contribution >= 4 is 11.4 Å². The third-order valence-corrected chi connectivity index (χ3v) is 3.82. The van der Waals surface area contributed by atoms with Gasteiger partial charge in [0.15, 0.2) is 0 Å². The molecule has 18 heavy (non-hydrogen) atoms. The molecule has 0 amide bonds. The third-order valence-electron chi connectivity index (χ3n) is 3.82. The second-order valence-electron chi connectivity index (χ2n) is 5.28. The summed E-state index contributed by atoms with van der Waals surface area (Å²) < 4.78 is 0. The van der Waals surface area contributed by atoms with E-state index in [4.69, 9.17) is 0 Å². The highest BCUT2D eigenvalue weighted by atomic mass is 15.1. The van der Waals surface area contributed by atoms with E-state index in [9.17, 15) is 0 Å². The van der Waals surface area contributed by atoms with Gasteiger partial charge in [0.25, 0.3) is 0 Å². The van der Waals surface area contributed by atoms with Crippen LogP contribution in [0.15, 0.2) is 24.3 Å². The molecule has 1 aromatic carbocycles. The fourth-order valence-corrected chi connectivity index (χ4v) is 2.73. The van der Waals surface area contributed by atoms with E-state index >= 15 is 0 Å². The first-order valence-electron chi connectivity index (χ1n) is 7.45. The van der Waals surface area contributed by atoms with E-state index in [0.29, 0.717) is 6.04 Å². The van der Waals surface area contributed by atoms with Gasteiger partial charge in [0.1, 0.15) is 0 Å². The van der Waals surface area contributed by atoms with Crippen LogP contribution in [0.1, 0.15) is 46.0 Å². The summed E-state index contributed by atoms with van der Waals surface area (Å²) in [5, 5.41) is 3.67. The largest absolute Gasteiger partial charge is 0.382 e. The summed E-state index contributed by atoms with van der Waals surface area (Å²) in [7, 11) is 0. The van der Waals surface area contributed by atoms with Crippen LogP contribution < -0.4 is 10.2 Å². The van der Waals surface area contributed by atoms with Crippen molar-refractivity contribution in [2.24, 2.45) is 0 Å². The van der Waals surface area contributed by atoms with E-state index in [1.165, 1.54) is 56.6 Å². The SMILES string of the molecule is CCCC(CC)Nc1cccc(N2CCCC2)c1. The van der Waals surface area contributed by atoms with Crippen LogP contribution in [0.25, 0.3) is 0 Å². The van der Waals surface area contributed by atoms with Crippen molar-refractivity contribution in [2.75, 3.05) is 23.3 Å². The van der Waals surface area contributed by atoms with Gasteiger partial charge in [-0.15, -0.1) is 0 Å². The van der Waals surface area contributed by atoms with Crippen LogP contribution in [-0.2, 0) is 0 Å². The molecule has 1 saturated heterocycles. The van der Waals surface area contributed by atoms with E-state index in [1.807, 2.05) is 0 Å². The molecule has 2 heteroatoms. The van der Waals surface area contributed by atoms with Crippen LogP contribution >= 0.6 is 0 Å². The van der Waals surface area contributed by atoms with Crippen molar-refractivity contribution in [3.8, 4) is 0 Å². The lowest BCUT2D eigenvalue weighted by molar-refractivity contribution is 0.623. The Hall–Kier alpha value is -1.18. The van der Waals surface area contributed by atoms with Crippen LogP contribution in [0.5, 0.6) is 0 Å². The smallest absolute Gasteiger partial charge is 0.0386 e. The fourth-order valence-electron chi connectivity index (χ4n) is 2.73. The van der Waals surface area contributed by atoms with Crippen molar-refractivity contribution in [1.29, 1.82) is 0 Å². The van der Waals surface area contributed by atoms with Crippen molar-refractivity contribution in [3.63, 3.8) is 0 Å². The van der Waals surface area contributed by atoms with Gasteiger partial charge in [-0.2, -0.15) is 0 Å². The molecule has 100 valence electrons. The van der Waals surface area contributed by atoms with Gasteiger partial charge in [-0.25, -0.2) is 0 Å². The predicted octanol–water partition coefficient (Wildman–Crippen LogP) is 4.28. The Morgan fingerprint density at radius 3 is 2.67 bits per heavy atom. The average molecular weight is 246 g/mol. The first-order valence-corrected chi connectivity index (χ1v) is 7.45. The molecule has 0 saturated carbocycles. The molecule has 1 aliphatic rings. The van der Waals surface area contributed by atoms with Gasteiger partial charge in [0.2, 0.25) is 0 Å². The van der Waals surface area contributed by atoms with Crippen molar-refractivity contribution in [2.45, 2.75) is 52.0 Å². The molecule has 1 atom stereocenters. The number of nitrogens with one attached hydrogen (secondary N) is 1. The van der Waals surface area contributed by atoms with Gasteiger partial charge in [0, 0.05) is 30.5 Å². The first kappa shape index (κ1) is 13.3. The van der Waals surface area contributed by atoms with Crippen LogP contribution in [0.2, 0.25) is 0 Å². The minimum absolute atomic E-state index is 0.615. The highest BCUT2D eigenvalue weighted by Gasteiger charge is 2.12. The number of rotatable bonds is 6. The van der Waals surface area contributed by atoms with Gasteiger partial charge in [-0.1, -0.05) is 26.3 Å². The second-order valence-corrected chi connectivity index (χ2v) is 5.28. The molecular weight excluding hydrogens is 220 g/mol. The van der Waals surface area contributed by atoms with Crippen LogP contribution in [0, 0.1) is 0 Å². The molecular formula is C16H26N2. The molecule has 1 aromatic rings. The molecule has 2 rings (SSSR count). The zero-order valence-electron chi connectivity index (χ0n) is 11.8. The molecule has 1 unspecified atom stereocenters. The molecule has 1 fully saturated rings. The number of hydrogen-bond donors (Lipinski definition) is 1. The normalized spacial score (nSPS) is 16.9. The Balaban J connectivity index is 2.01. The summed E-state index contributed by atoms with van der Waals surface area (Å²) in [6.45, 7) is 6.95. The molecule has 0 aliphatic carbocycles. The summed E-state index contributed by atoms with van der Waals surface area (Å²) in [6, 6.07) is 9.52. The molecule has 0 aromatic heterocycles. The monoisotopic (exact) mass is 246 g/mol. The van der Waals surface area contributed by atoms with Crippen molar-refractivity contribution in [3.05, 3.63) is 24.3 Å². The maximum Gasteiger partial charge on any atom is 0.0386 e. The number of nitrogens with zero attached hydrogens (tertiary/aromatic N) is 1. The third kappa shape index (κ3) is 3.41. The topological polar surface area (TPSA) is 15.3 Å². The molecule has 0 spiro atoms.